The minimum absolute atomic E-state index is 0.174. The first kappa shape index (κ1) is 42.3. The first-order valence-electron chi connectivity index (χ1n) is 25.8. The second kappa shape index (κ2) is 14.6. The number of fused-ring (bicyclic) bond motifs is 17. The normalized spacial score (nSPS) is 15.1. The molecule has 3 nitrogen and oxygen atoms in total. The number of anilines is 3. The largest absolute Gasteiger partial charge is 0.456 e. The van der Waals surface area contributed by atoms with Gasteiger partial charge in [-0.1, -0.05) is 169 Å². The van der Waals surface area contributed by atoms with E-state index in [1.165, 1.54) is 111 Å². The number of hydrogen-bond acceptors (Lipinski definition) is 3. The molecule has 10 aromatic carbocycles. The number of benzene rings is 10. The highest BCUT2D eigenvalue weighted by molar-refractivity contribution is 6.20. The molecule has 0 unspecified atom stereocenters. The van der Waals surface area contributed by atoms with Crippen LogP contribution in [0.25, 0.3) is 99.5 Å². The fourth-order valence-corrected chi connectivity index (χ4v) is 13.6. The Labute approximate surface area is 426 Å². The summed E-state index contributed by atoms with van der Waals surface area (Å²) in [6.07, 6.45) is 0. The van der Waals surface area contributed by atoms with Gasteiger partial charge in [-0.15, -0.1) is 0 Å². The van der Waals surface area contributed by atoms with Gasteiger partial charge in [0.1, 0.15) is 22.3 Å². The van der Waals surface area contributed by atoms with Crippen molar-refractivity contribution < 1.29 is 8.83 Å². The molecule has 0 atom stereocenters. The van der Waals surface area contributed by atoms with Gasteiger partial charge in [0.05, 0.1) is 0 Å². The maximum absolute atomic E-state index is 6.97. The number of aryl methyl sites for hydroxylation is 1. The molecule has 0 spiro atoms. The summed E-state index contributed by atoms with van der Waals surface area (Å²) in [6.45, 7) is 16.7. The fourth-order valence-electron chi connectivity index (χ4n) is 13.6. The van der Waals surface area contributed by atoms with Gasteiger partial charge in [0.2, 0.25) is 0 Å². The van der Waals surface area contributed by atoms with Crippen molar-refractivity contribution in [2.45, 2.75) is 64.7 Å². The summed E-state index contributed by atoms with van der Waals surface area (Å²) < 4.78 is 13.4. The quantitative estimate of drug-likeness (QED) is 0.172. The fraction of sp³-hybridized carbons (Fsp3) is 0.143. The van der Waals surface area contributed by atoms with Crippen LogP contribution in [0.5, 0.6) is 0 Å². The van der Waals surface area contributed by atoms with Gasteiger partial charge in [-0.05, 0) is 163 Å². The van der Waals surface area contributed by atoms with Crippen molar-refractivity contribution in [2.75, 3.05) is 4.90 Å². The molecule has 0 radical (unpaired) electrons. The summed E-state index contributed by atoms with van der Waals surface area (Å²) in [7, 11) is 0. The smallest absolute Gasteiger partial charge is 0.143 e. The third-order valence-electron chi connectivity index (χ3n) is 17.4. The third kappa shape index (κ3) is 5.65. The van der Waals surface area contributed by atoms with Gasteiger partial charge in [0, 0.05) is 60.4 Å². The van der Waals surface area contributed by atoms with E-state index in [2.05, 4.69) is 247 Å². The molecule has 3 aliphatic carbocycles. The lowest BCUT2D eigenvalue weighted by Crippen LogP contribution is -2.18. The van der Waals surface area contributed by atoms with Crippen LogP contribution in [-0.4, -0.2) is 0 Å². The van der Waals surface area contributed by atoms with Crippen molar-refractivity contribution in [1.82, 2.24) is 0 Å². The summed E-state index contributed by atoms with van der Waals surface area (Å²) in [5.41, 5.74) is 28.2. The highest BCUT2D eigenvalue weighted by Gasteiger charge is 2.44. The molecule has 73 heavy (non-hydrogen) atoms. The maximum Gasteiger partial charge on any atom is 0.143 e. The van der Waals surface area contributed by atoms with Gasteiger partial charge in [-0.3, -0.25) is 0 Å². The number of nitrogens with zero attached hydrogens (tertiary/aromatic N) is 1. The van der Waals surface area contributed by atoms with Crippen molar-refractivity contribution in [3.63, 3.8) is 0 Å². The molecule has 0 aliphatic heterocycles. The number of rotatable bonds is 5. The molecule has 15 rings (SSSR count). The lowest BCUT2D eigenvalue weighted by Gasteiger charge is -2.30. The minimum atomic E-state index is -0.330. The highest BCUT2D eigenvalue weighted by atomic mass is 16.3. The van der Waals surface area contributed by atoms with E-state index in [1.807, 2.05) is 0 Å². The van der Waals surface area contributed by atoms with Crippen molar-refractivity contribution in [2.24, 2.45) is 0 Å². The summed E-state index contributed by atoms with van der Waals surface area (Å²) in [5.74, 6) is 0. The van der Waals surface area contributed by atoms with E-state index in [1.54, 1.807) is 0 Å². The van der Waals surface area contributed by atoms with Crippen molar-refractivity contribution in [1.29, 1.82) is 0 Å². The molecule has 0 bridgehead atoms. The van der Waals surface area contributed by atoms with E-state index in [9.17, 15) is 0 Å². The molecule has 2 aromatic heterocycles. The molecule has 0 saturated carbocycles. The Morgan fingerprint density at radius 2 is 0.877 bits per heavy atom. The van der Waals surface area contributed by atoms with Crippen LogP contribution in [0.3, 0.4) is 0 Å². The SMILES string of the molecule is Cc1ccccc1N(c1ccc2c(c1)C(C)(C)c1cc3c(cc1-2)C(C)(C)c1ccc2oc4ccccc4c2c1-3)c1ccc2c(c1)C(C)(C)c1cc(-c3ccccc3-c3ccccc3)c3oc4ccccc4c3c1-2. The molecule has 0 amide bonds. The van der Waals surface area contributed by atoms with E-state index >= 15 is 0 Å². The average molecular weight is 940 g/mol. The van der Waals surface area contributed by atoms with E-state index in [-0.39, 0.29) is 16.2 Å². The second-order valence-electron chi connectivity index (χ2n) is 22.4. The highest BCUT2D eigenvalue weighted by Crippen LogP contribution is 2.60. The predicted octanol–water partition coefficient (Wildman–Crippen LogP) is 19.5. The summed E-state index contributed by atoms with van der Waals surface area (Å²) in [5, 5.41) is 4.73. The van der Waals surface area contributed by atoms with E-state index in [0.29, 0.717) is 0 Å². The molecular weight excluding hydrogens is 887 g/mol. The zero-order chi connectivity index (χ0) is 49.3. The Hall–Kier alpha value is -8.40. The summed E-state index contributed by atoms with van der Waals surface area (Å²) >= 11 is 0. The molecule has 0 saturated heterocycles. The average Bonchev–Trinajstić information content (AvgIpc) is 4.16. The van der Waals surface area contributed by atoms with Crippen LogP contribution in [0, 0.1) is 6.92 Å². The molecule has 3 aliphatic rings. The van der Waals surface area contributed by atoms with Crippen molar-refractivity contribution in [3.05, 3.63) is 233 Å². The van der Waals surface area contributed by atoms with Crippen LogP contribution in [-0.2, 0) is 16.2 Å². The van der Waals surface area contributed by atoms with Crippen molar-refractivity contribution >= 4 is 60.9 Å². The zero-order valence-electron chi connectivity index (χ0n) is 42.2. The monoisotopic (exact) mass is 939 g/mol. The lowest BCUT2D eigenvalue weighted by atomic mass is 9.79. The van der Waals surface area contributed by atoms with Crippen LogP contribution in [0.1, 0.15) is 80.5 Å². The van der Waals surface area contributed by atoms with Crippen LogP contribution in [0.4, 0.5) is 17.1 Å². The van der Waals surface area contributed by atoms with Crippen LogP contribution >= 0.6 is 0 Å². The summed E-state index contributed by atoms with van der Waals surface area (Å²) in [4.78, 5) is 2.50. The molecule has 0 fully saturated rings. The van der Waals surface area contributed by atoms with Gasteiger partial charge in [-0.2, -0.15) is 0 Å². The second-order valence-corrected chi connectivity index (χ2v) is 22.4. The van der Waals surface area contributed by atoms with E-state index < -0.39 is 0 Å². The maximum atomic E-state index is 6.97. The topological polar surface area (TPSA) is 29.5 Å². The van der Waals surface area contributed by atoms with E-state index in [4.69, 9.17) is 8.83 Å². The number of furan rings is 2. The molecule has 2 heterocycles. The lowest BCUT2D eigenvalue weighted by molar-refractivity contribution is 0.651. The Kier molecular flexibility index (Phi) is 8.47. The molecule has 12 aromatic rings. The van der Waals surface area contributed by atoms with Gasteiger partial charge in [0.25, 0.3) is 0 Å². The molecule has 350 valence electrons. The van der Waals surface area contributed by atoms with E-state index in [0.717, 1.165) is 44.7 Å². The Balaban J connectivity index is 0.893. The molecule has 0 N–H and O–H groups in total. The van der Waals surface area contributed by atoms with Crippen LogP contribution < -0.4 is 4.90 Å². The first-order chi connectivity index (χ1) is 35.4. The van der Waals surface area contributed by atoms with Gasteiger partial charge in [0.15, 0.2) is 0 Å². The van der Waals surface area contributed by atoms with Crippen molar-refractivity contribution in [3.8, 4) is 55.6 Å². The summed E-state index contributed by atoms with van der Waals surface area (Å²) in [6, 6.07) is 71.9. The number of para-hydroxylation sites is 3. The predicted molar refractivity (Wildman–Crippen MR) is 304 cm³/mol. The van der Waals surface area contributed by atoms with Gasteiger partial charge < -0.3 is 13.7 Å². The van der Waals surface area contributed by atoms with Gasteiger partial charge >= 0.3 is 0 Å². The minimum Gasteiger partial charge on any atom is -0.456 e. The molecule has 3 heteroatoms. The zero-order valence-corrected chi connectivity index (χ0v) is 42.2. The van der Waals surface area contributed by atoms with Crippen LogP contribution in [0.2, 0.25) is 0 Å². The Morgan fingerprint density at radius 3 is 1.63 bits per heavy atom. The third-order valence-corrected chi connectivity index (χ3v) is 17.4. The molecular formula is C70H53NO2. The number of hydrogen-bond donors (Lipinski definition) is 0. The Morgan fingerprint density at radius 1 is 0.342 bits per heavy atom. The standard InChI is InChI=1S/C70H53NO2/c1-40-19-11-16-26-59(40)71(42-29-31-46-50-37-57-52(39-56(50)69(4,5)54(46)35-42)64-53(68(57,2)3)33-34-62-65(64)48-24-14-17-27-60(48)72-62)43-30-32-47-55(36-43)70(6,7)58-38-51(45-23-13-12-22-44(45)41-20-9-8-10-21-41)67-66(63(47)58)49-25-15-18-28-61(49)73-67/h8-39H,1-7H3. The van der Waals surface area contributed by atoms with Gasteiger partial charge in [-0.25, -0.2) is 0 Å². The first-order valence-corrected chi connectivity index (χ1v) is 25.8. The Bertz CT molecular complexity index is 4370. The van der Waals surface area contributed by atoms with Crippen LogP contribution in [0.15, 0.2) is 203 Å².